The lowest BCUT2D eigenvalue weighted by Crippen LogP contribution is -2.48. The molecule has 0 bridgehead atoms. The van der Waals surface area contributed by atoms with Gasteiger partial charge in [0, 0.05) is 33.5 Å². The van der Waals surface area contributed by atoms with E-state index in [2.05, 4.69) is 5.32 Å². The Balaban J connectivity index is 1.57. The van der Waals surface area contributed by atoms with E-state index in [0.29, 0.717) is 36.3 Å². The van der Waals surface area contributed by atoms with Crippen LogP contribution in [-0.4, -0.2) is 74.2 Å². The van der Waals surface area contributed by atoms with E-state index >= 15 is 0 Å². The van der Waals surface area contributed by atoms with Gasteiger partial charge in [0.15, 0.2) is 5.78 Å². The number of hydrogen-bond acceptors (Lipinski definition) is 6. The molecule has 1 aliphatic heterocycles. The highest BCUT2D eigenvalue weighted by atomic mass is 19.1. The van der Waals surface area contributed by atoms with Gasteiger partial charge in [-0.3, -0.25) is 14.4 Å². The third-order valence-corrected chi connectivity index (χ3v) is 7.33. The Hall–Kier alpha value is -3.30. The molecule has 2 amide bonds. The van der Waals surface area contributed by atoms with Crippen LogP contribution in [0.4, 0.5) is 4.39 Å². The predicted octanol–water partition coefficient (Wildman–Crippen LogP) is 2.84. The topological polar surface area (TPSA) is 105 Å². The summed E-state index contributed by atoms with van der Waals surface area (Å²) in [4.78, 5) is 39.0. The minimum absolute atomic E-state index is 0.0285. The first-order valence-corrected chi connectivity index (χ1v) is 13.0. The molecule has 0 saturated carbocycles. The smallest absolute Gasteiger partial charge is 0.255 e. The highest BCUT2D eigenvalue weighted by Gasteiger charge is 2.30. The molecule has 1 saturated heterocycles. The molecule has 38 heavy (non-hydrogen) atoms. The molecule has 2 aliphatic rings. The quantitative estimate of drug-likeness (QED) is 0.487. The van der Waals surface area contributed by atoms with Gasteiger partial charge in [0.1, 0.15) is 11.6 Å². The van der Waals surface area contributed by atoms with Gasteiger partial charge in [0.2, 0.25) is 5.91 Å². The average Bonchev–Trinajstić information content (AvgIpc) is 3.38. The molecular weight excluding hydrogens is 491 g/mol. The van der Waals surface area contributed by atoms with E-state index in [9.17, 15) is 23.9 Å². The lowest BCUT2D eigenvalue weighted by Gasteiger charge is -2.29. The number of ketones is 1. The molecule has 1 fully saturated rings. The fraction of sp³-hybridized carbons (Fsp3) is 0.483. The van der Waals surface area contributed by atoms with Crippen LogP contribution in [0.1, 0.15) is 68.7 Å². The number of hydrogen-bond donors (Lipinski definition) is 2. The fourth-order valence-electron chi connectivity index (χ4n) is 5.23. The standard InChI is InChI=1S/C29H35FN2O6/c1-32(2)27(35)10-9-25(33)21-8-7-17(14-23(21)30)13-18-15-22(28(37-3)20-6-4-5-19(18)20)29(36)31-24-11-12-38-16-26(24)34/h7-8,14-15,24,26,34H,4-6,9-13,16H2,1-3H3,(H,31,36)/t24-,26-/m0/s1. The number of rotatable bonds is 9. The fourth-order valence-corrected chi connectivity index (χ4v) is 5.23. The van der Waals surface area contributed by atoms with Gasteiger partial charge in [0.25, 0.3) is 5.91 Å². The Morgan fingerprint density at radius 1 is 1.13 bits per heavy atom. The summed E-state index contributed by atoms with van der Waals surface area (Å²) in [5.41, 5.74) is 4.03. The molecule has 1 heterocycles. The number of nitrogens with one attached hydrogen (secondary N) is 1. The first-order valence-electron chi connectivity index (χ1n) is 13.0. The van der Waals surface area contributed by atoms with Crippen LogP contribution in [0, 0.1) is 5.82 Å². The third kappa shape index (κ3) is 6.05. The number of aliphatic hydroxyl groups is 1. The molecule has 0 radical (unpaired) electrons. The zero-order chi connectivity index (χ0) is 27.4. The number of ether oxygens (including phenoxy) is 2. The van der Waals surface area contributed by atoms with Crippen molar-refractivity contribution >= 4 is 17.6 Å². The van der Waals surface area contributed by atoms with E-state index < -0.39 is 23.7 Å². The highest BCUT2D eigenvalue weighted by molar-refractivity contribution is 5.99. The lowest BCUT2D eigenvalue weighted by atomic mass is 9.92. The molecule has 2 N–H and O–H groups in total. The summed E-state index contributed by atoms with van der Waals surface area (Å²) < 4.78 is 25.9. The van der Waals surface area contributed by atoms with Crippen molar-refractivity contribution < 1.29 is 33.4 Å². The van der Waals surface area contributed by atoms with E-state index in [1.165, 1.54) is 17.0 Å². The molecule has 204 valence electrons. The van der Waals surface area contributed by atoms with Crippen LogP contribution in [0.25, 0.3) is 0 Å². The maximum absolute atomic E-state index is 14.9. The van der Waals surface area contributed by atoms with Crippen LogP contribution in [0.2, 0.25) is 0 Å². The summed E-state index contributed by atoms with van der Waals surface area (Å²) in [6.45, 7) is 0.637. The molecule has 2 atom stereocenters. The second-order valence-electron chi connectivity index (χ2n) is 10.1. The molecular formula is C29H35FN2O6. The number of amides is 2. The Labute approximate surface area is 222 Å². The number of fused-ring (bicyclic) bond motifs is 1. The zero-order valence-electron chi connectivity index (χ0n) is 22.1. The largest absolute Gasteiger partial charge is 0.496 e. The second-order valence-corrected chi connectivity index (χ2v) is 10.1. The van der Waals surface area contributed by atoms with Crippen LogP contribution in [0.5, 0.6) is 5.75 Å². The number of carbonyl (C=O) groups is 3. The van der Waals surface area contributed by atoms with Crippen molar-refractivity contribution in [3.05, 3.63) is 63.5 Å². The number of nitrogens with zero attached hydrogens (tertiary/aromatic N) is 1. The van der Waals surface area contributed by atoms with Gasteiger partial charge in [-0.05, 0) is 72.6 Å². The van der Waals surface area contributed by atoms with E-state index in [-0.39, 0.29) is 36.8 Å². The molecule has 2 aromatic rings. The van der Waals surface area contributed by atoms with Crippen molar-refractivity contribution in [2.75, 3.05) is 34.4 Å². The minimum atomic E-state index is -0.780. The van der Waals surface area contributed by atoms with E-state index in [1.54, 1.807) is 33.3 Å². The molecule has 1 aliphatic carbocycles. The van der Waals surface area contributed by atoms with Gasteiger partial charge in [-0.15, -0.1) is 0 Å². The van der Waals surface area contributed by atoms with Gasteiger partial charge < -0.3 is 24.8 Å². The van der Waals surface area contributed by atoms with Crippen LogP contribution in [0.15, 0.2) is 24.3 Å². The predicted molar refractivity (Wildman–Crippen MR) is 139 cm³/mol. The van der Waals surface area contributed by atoms with Crippen molar-refractivity contribution in [2.45, 2.75) is 57.1 Å². The number of methoxy groups -OCH3 is 1. The van der Waals surface area contributed by atoms with E-state index in [4.69, 9.17) is 9.47 Å². The summed E-state index contributed by atoms with van der Waals surface area (Å²) in [5.74, 6) is -1.01. The Kier molecular flexibility index (Phi) is 8.79. The van der Waals surface area contributed by atoms with Crippen molar-refractivity contribution in [2.24, 2.45) is 0 Å². The maximum atomic E-state index is 14.9. The normalized spacial score (nSPS) is 18.6. The Bertz CT molecular complexity index is 1230. The van der Waals surface area contributed by atoms with Crippen molar-refractivity contribution in [3.8, 4) is 5.75 Å². The summed E-state index contributed by atoms with van der Waals surface area (Å²) in [6.07, 6.45) is 2.63. The summed E-state index contributed by atoms with van der Waals surface area (Å²) in [7, 11) is 4.77. The third-order valence-electron chi connectivity index (χ3n) is 7.33. The monoisotopic (exact) mass is 526 g/mol. The summed E-state index contributed by atoms with van der Waals surface area (Å²) >= 11 is 0. The van der Waals surface area contributed by atoms with Crippen LogP contribution < -0.4 is 10.1 Å². The average molecular weight is 527 g/mol. The molecule has 0 aromatic heterocycles. The van der Waals surface area contributed by atoms with Gasteiger partial charge in [-0.25, -0.2) is 4.39 Å². The highest BCUT2D eigenvalue weighted by Crippen LogP contribution is 2.37. The van der Waals surface area contributed by atoms with Gasteiger partial charge in [0.05, 0.1) is 37.0 Å². The van der Waals surface area contributed by atoms with Crippen LogP contribution >= 0.6 is 0 Å². The van der Waals surface area contributed by atoms with Crippen molar-refractivity contribution in [1.29, 1.82) is 0 Å². The number of Topliss-reactive ketones (excluding diaryl/α,β-unsaturated/α-hetero) is 1. The van der Waals surface area contributed by atoms with Crippen LogP contribution in [-0.2, 0) is 28.8 Å². The molecule has 2 aromatic carbocycles. The molecule has 0 spiro atoms. The molecule has 0 unspecified atom stereocenters. The number of halogens is 1. The zero-order valence-corrected chi connectivity index (χ0v) is 22.1. The van der Waals surface area contributed by atoms with Gasteiger partial charge >= 0.3 is 0 Å². The second kappa shape index (κ2) is 12.0. The maximum Gasteiger partial charge on any atom is 0.255 e. The molecule has 9 heteroatoms. The summed E-state index contributed by atoms with van der Waals surface area (Å²) in [5, 5.41) is 13.1. The summed E-state index contributed by atoms with van der Waals surface area (Å²) in [6, 6.07) is 5.92. The van der Waals surface area contributed by atoms with Gasteiger partial charge in [-0.2, -0.15) is 0 Å². The minimum Gasteiger partial charge on any atom is -0.496 e. The first kappa shape index (κ1) is 27.7. The lowest BCUT2D eigenvalue weighted by molar-refractivity contribution is -0.128. The van der Waals surface area contributed by atoms with Crippen molar-refractivity contribution in [3.63, 3.8) is 0 Å². The number of benzene rings is 2. The van der Waals surface area contributed by atoms with Crippen molar-refractivity contribution in [1.82, 2.24) is 10.2 Å². The number of carbonyl (C=O) groups excluding carboxylic acids is 3. The molecule has 4 rings (SSSR count). The van der Waals surface area contributed by atoms with E-state index in [1.807, 2.05) is 0 Å². The first-order chi connectivity index (χ1) is 18.2. The van der Waals surface area contributed by atoms with Gasteiger partial charge in [-0.1, -0.05) is 6.07 Å². The SMILES string of the molecule is COc1c(C(=O)N[C@H]2CCOC[C@@H]2O)cc(Cc2ccc(C(=O)CCC(=O)N(C)C)c(F)c2)c2c1CCC2. The molecule has 8 nitrogen and oxygen atoms in total. The van der Waals surface area contributed by atoms with Crippen LogP contribution in [0.3, 0.4) is 0 Å². The van der Waals surface area contributed by atoms with E-state index in [0.717, 1.165) is 36.0 Å². The Morgan fingerprint density at radius 3 is 2.58 bits per heavy atom. The Morgan fingerprint density at radius 2 is 1.89 bits per heavy atom. The number of aliphatic hydroxyl groups excluding tert-OH is 1.